The number of likely N-dealkylation sites (tertiary alicyclic amines) is 1. The van der Waals surface area contributed by atoms with Crippen LogP contribution in [0, 0.1) is 0 Å². The highest BCUT2D eigenvalue weighted by atomic mass is 16.2. The first-order valence-corrected chi connectivity index (χ1v) is 6.99. The Bertz CT molecular complexity index is 478. The van der Waals surface area contributed by atoms with Crippen LogP contribution in [0.25, 0.3) is 0 Å². The predicted molar refractivity (Wildman–Crippen MR) is 79.6 cm³/mol. The molecule has 2 N–H and O–H groups in total. The largest absolute Gasteiger partial charge is 0.374 e. The average molecular weight is 275 g/mol. The van der Waals surface area contributed by atoms with Crippen LogP contribution in [-0.4, -0.2) is 35.8 Å². The molecule has 1 saturated heterocycles. The quantitative estimate of drug-likeness (QED) is 0.884. The Hall–Kier alpha value is -2.04. The summed E-state index contributed by atoms with van der Waals surface area (Å²) in [5, 5.41) is 5.91. The number of nitrogens with zero attached hydrogens (tertiary/aromatic N) is 1. The van der Waals surface area contributed by atoms with Crippen molar-refractivity contribution in [2.75, 3.05) is 23.7 Å². The van der Waals surface area contributed by atoms with Gasteiger partial charge < -0.3 is 15.5 Å². The minimum Gasteiger partial charge on any atom is -0.374 e. The van der Waals surface area contributed by atoms with Crippen molar-refractivity contribution in [3.63, 3.8) is 0 Å². The number of rotatable bonds is 4. The molecule has 20 heavy (non-hydrogen) atoms. The van der Waals surface area contributed by atoms with E-state index in [4.69, 9.17) is 0 Å². The third kappa shape index (κ3) is 3.73. The van der Waals surface area contributed by atoms with Crippen molar-refractivity contribution in [1.29, 1.82) is 0 Å². The summed E-state index contributed by atoms with van der Waals surface area (Å²) in [4.78, 5) is 25.0. The standard InChI is InChI=1S/C15H21N3O2/c1-11(15(20)18-9-3-4-10-18)16-13-5-7-14(8-6-13)17-12(2)19/h5-8,11,16H,3-4,9-10H2,1-2H3,(H,17,19). The highest BCUT2D eigenvalue weighted by molar-refractivity contribution is 5.89. The number of carbonyl (C=O) groups excluding carboxylic acids is 2. The molecule has 1 fully saturated rings. The SMILES string of the molecule is CC(=O)Nc1ccc(NC(C)C(=O)N2CCCC2)cc1. The van der Waals surface area contributed by atoms with Crippen LogP contribution in [0.1, 0.15) is 26.7 Å². The first-order valence-electron chi connectivity index (χ1n) is 6.99. The van der Waals surface area contributed by atoms with Gasteiger partial charge in [-0.05, 0) is 44.0 Å². The first-order chi connectivity index (χ1) is 9.56. The van der Waals surface area contributed by atoms with Gasteiger partial charge in [-0.1, -0.05) is 0 Å². The lowest BCUT2D eigenvalue weighted by Crippen LogP contribution is -2.39. The zero-order valence-corrected chi connectivity index (χ0v) is 12.0. The van der Waals surface area contributed by atoms with Gasteiger partial charge in [-0.15, -0.1) is 0 Å². The van der Waals surface area contributed by atoms with E-state index in [0.717, 1.165) is 37.3 Å². The number of amides is 2. The summed E-state index contributed by atoms with van der Waals surface area (Å²) in [5.41, 5.74) is 1.63. The molecule has 108 valence electrons. The van der Waals surface area contributed by atoms with Crippen LogP contribution < -0.4 is 10.6 Å². The van der Waals surface area contributed by atoms with Crippen molar-refractivity contribution >= 4 is 23.2 Å². The number of benzene rings is 1. The summed E-state index contributed by atoms with van der Waals surface area (Å²) in [6, 6.07) is 7.12. The molecule has 1 heterocycles. The Kier molecular flexibility index (Phi) is 4.61. The maximum absolute atomic E-state index is 12.2. The highest BCUT2D eigenvalue weighted by Crippen LogP contribution is 2.16. The fourth-order valence-electron chi connectivity index (χ4n) is 2.38. The van der Waals surface area contributed by atoms with Crippen LogP contribution in [0.15, 0.2) is 24.3 Å². The van der Waals surface area contributed by atoms with Gasteiger partial charge in [-0.25, -0.2) is 0 Å². The Morgan fingerprint density at radius 3 is 2.20 bits per heavy atom. The molecule has 5 nitrogen and oxygen atoms in total. The average Bonchev–Trinajstić information content (AvgIpc) is 2.93. The molecule has 2 rings (SSSR count). The van der Waals surface area contributed by atoms with Gasteiger partial charge in [-0.2, -0.15) is 0 Å². The van der Waals surface area contributed by atoms with E-state index in [1.54, 1.807) is 0 Å². The second kappa shape index (κ2) is 6.41. The van der Waals surface area contributed by atoms with E-state index in [0.29, 0.717) is 0 Å². The van der Waals surface area contributed by atoms with Gasteiger partial charge in [0.25, 0.3) is 0 Å². The van der Waals surface area contributed by atoms with Crippen LogP contribution in [-0.2, 0) is 9.59 Å². The molecule has 0 saturated carbocycles. The lowest BCUT2D eigenvalue weighted by Gasteiger charge is -2.22. The van der Waals surface area contributed by atoms with Gasteiger partial charge in [0.2, 0.25) is 11.8 Å². The molecule has 0 aromatic heterocycles. The van der Waals surface area contributed by atoms with E-state index < -0.39 is 0 Å². The molecule has 0 bridgehead atoms. The van der Waals surface area contributed by atoms with Crippen molar-refractivity contribution in [2.24, 2.45) is 0 Å². The van der Waals surface area contributed by atoms with Crippen LogP contribution in [0.3, 0.4) is 0 Å². The number of hydrogen-bond acceptors (Lipinski definition) is 3. The molecule has 0 radical (unpaired) electrons. The molecule has 1 atom stereocenters. The minimum atomic E-state index is -0.236. The number of carbonyl (C=O) groups is 2. The molecular formula is C15H21N3O2. The van der Waals surface area contributed by atoms with E-state index in [1.165, 1.54) is 6.92 Å². The Morgan fingerprint density at radius 2 is 1.65 bits per heavy atom. The third-order valence-electron chi connectivity index (χ3n) is 3.38. The second-order valence-electron chi connectivity index (χ2n) is 5.16. The molecule has 1 aromatic carbocycles. The number of anilines is 2. The summed E-state index contributed by atoms with van der Waals surface area (Å²) in [7, 11) is 0. The van der Waals surface area contributed by atoms with Gasteiger partial charge >= 0.3 is 0 Å². The van der Waals surface area contributed by atoms with E-state index in [1.807, 2.05) is 36.1 Å². The van der Waals surface area contributed by atoms with Gasteiger partial charge in [0.1, 0.15) is 6.04 Å². The molecule has 1 aliphatic rings. The number of hydrogen-bond donors (Lipinski definition) is 2. The van der Waals surface area contributed by atoms with Gasteiger partial charge in [-0.3, -0.25) is 9.59 Å². The summed E-state index contributed by atoms with van der Waals surface area (Å²) in [6.07, 6.45) is 2.20. The summed E-state index contributed by atoms with van der Waals surface area (Å²) < 4.78 is 0. The van der Waals surface area contributed by atoms with Crippen molar-refractivity contribution in [3.8, 4) is 0 Å². The van der Waals surface area contributed by atoms with Crippen molar-refractivity contribution in [1.82, 2.24) is 4.90 Å². The molecule has 0 aliphatic carbocycles. The Balaban J connectivity index is 1.91. The topological polar surface area (TPSA) is 61.4 Å². The fraction of sp³-hybridized carbons (Fsp3) is 0.467. The number of nitrogens with one attached hydrogen (secondary N) is 2. The van der Waals surface area contributed by atoms with Crippen molar-refractivity contribution in [3.05, 3.63) is 24.3 Å². The third-order valence-corrected chi connectivity index (χ3v) is 3.38. The van der Waals surface area contributed by atoms with Gasteiger partial charge in [0, 0.05) is 31.4 Å². The summed E-state index contributed by atoms with van der Waals surface area (Å²) in [6.45, 7) is 5.09. The predicted octanol–water partition coefficient (Wildman–Crippen LogP) is 2.07. The second-order valence-corrected chi connectivity index (χ2v) is 5.16. The van der Waals surface area contributed by atoms with Crippen LogP contribution in [0.5, 0.6) is 0 Å². The Labute approximate surface area is 119 Å². The zero-order valence-electron chi connectivity index (χ0n) is 12.0. The van der Waals surface area contributed by atoms with E-state index in [9.17, 15) is 9.59 Å². The molecule has 0 spiro atoms. The maximum Gasteiger partial charge on any atom is 0.244 e. The zero-order chi connectivity index (χ0) is 14.5. The molecule has 2 amide bonds. The molecule has 1 aliphatic heterocycles. The highest BCUT2D eigenvalue weighted by Gasteiger charge is 2.22. The lowest BCUT2D eigenvalue weighted by atomic mass is 10.2. The Morgan fingerprint density at radius 1 is 1.10 bits per heavy atom. The smallest absolute Gasteiger partial charge is 0.244 e. The minimum absolute atomic E-state index is 0.0942. The molecular weight excluding hydrogens is 254 g/mol. The van der Waals surface area contributed by atoms with Crippen molar-refractivity contribution in [2.45, 2.75) is 32.7 Å². The normalized spacial score (nSPS) is 15.8. The first kappa shape index (κ1) is 14.4. The maximum atomic E-state index is 12.2. The molecule has 5 heteroatoms. The van der Waals surface area contributed by atoms with Gasteiger partial charge in [0.05, 0.1) is 0 Å². The van der Waals surface area contributed by atoms with Crippen LogP contribution in [0.2, 0.25) is 0 Å². The summed E-state index contributed by atoms with van der Waals surface area (Å²) >= 11 is 0. The summed E-state index contributed by atoms with van der Waals surface area (Å²) in [5.74, 6) is 0.0525. The van der Waals surface area contributed by atoms with E-state index >= 15 is 0 Å². The van der Waals surface area contributed by atoms with E-state index in [-0.39, 0.29) is 17.9 Å². The van der Waals surface area contributed by atoms with Crippen molar-refractivity contribution < 1.29 is 9.59 Å². The van der Waals surface area contributed by atoms with Crippen LogP contribution >= 0.6 is 0 Å². The van der Waals surface area contributed by atoms with E-state index in [2.05, 4.69) is 10.6 Å². The molecule has 1 aromatic rings. The van der Waals surface area contributed by atoms with Gasteiger partial charge in [0.15, 0.2) is 0 Å². The van der Waals surface area contributed by atoms with Crippen LogP contribution in [0.4, 0.5) is 11.4 Å². The lowest BCUT2D eigenvalue weighted by molar-refractivity contribution is -0.130. The monoisotopic (exact) mass is 275 g/mol. The molecule has 1 unspecified atom stereocenters. The fourth-order valence-corrected chi connectivity index (χ4v) is 2.38.